The Bertz CT molecular complexity index is 1550. The Morgan fingerprint density at radius 1 is 1.15 bits per heavy atom. The van der Waals surface area contributed by atoms with Crippen LogP contribution in [0.5, 0.6) is 0 Å². The van der Waals surface area contributed by atoms with Crippen molar-refractivity contribution in [2.24, 2.45) is 5.92 Å². The third-order valence-corrected chi connectivity index (χ3v) is 10.2. The molecular weight excluding hydrogens is 639 g/mol. The number of benzene rings is 1. The highest BCUT2D eigenvalue weighted by molar-refractivity contribution is 7.07. The lowest BCUT2D eigenvalue weighted by molar-refractivity contribution is -0.135. The van der Waals surface area contributed by atoms with Crippen LogP contribution >= 0.6 is 11.5 Å². The first-order valence-electron chi connectivity index (χ1n) is 16.5. The van der Waals surface area contributed by atoms with Crippen LogP contribution in [0.4, 0.5) is 15.8 Å². The molecule has 48 heavy (non-hydrogen) atoms. The summed E-state index contributed by atoms with van der Waals surface area (Å²) in [6.45, 7) is 6.04. The van der Waals surface area contributed by atoms with Gasteiger partial charge in [0.25, 0.3) is 5.91 Å². The number of hydrogen-bond acceptors (Lipinski definition) is 10. The van der Waals surface area contributed by atoms with E-state index in [1.54, 1.807) is 17.9 Å². The summed E-state index contributed by atoms with van der Waals surface area (Å²) in [5, 5.41) is 13.3. The quantitative estimate of drug-likeness (QED) is 0.214. The fourth-order valence-corrected chi connectivity index (χ4v) is 7.01. The Hall–Kier alpha value is -4.24. The topological polar surface area (TPSA) is 154 Å². The van der Waals surface area contributed by atoms with Crippen LogP contribution in [0, 0.1) is 11.7 Å². The Labute approximate surface area is 283 Å². The number of aromatic nitrogens is 3. The molecule has 0 unspecified atom stereocenters. The maximum atomic E-state index is 15.8. The van der Waals surface area contributed by atoms with Gasteiger partial charge in [0.2, 0.25) is 18.2 Å². The van der Waals surface area contributed by atoms with E-state index < -0.39 is 35.6 Å². The number of nitrogens with one attached hydrogen (secondary N) is 2. The van der Waals surface area contributed by atoms with E-state index >= 15 is 4.39 Å². The van der Waals surface area contributed by atoms with Crippen molar-refractivity contribution in [1.29, 1.82) is 0 Å². The van der Waals surface area contributed by atoms with Gasteiger partial charge in [-0.25, -0.2) is 4.39 Å². The van der Waals surface area contributed by atoms with Gasteiger partial charge in [-0.3, -0.25) is 24.1 Å². The number of piperazine rings is 1. The number of halogens is 1. The molecule has 1 aliphatic carbocycles. The van der Waals surface area contributed by atoms with Crippen LogP contribution in [0.3, 0.4) is 0 Å². The van der Waals surface area contributed by atoms with Gasteiger partial charge in [-0.1, -0.05) is 55.2 Å². The van der Waals surface area contributed by atoms with E-state index in [1.165, 1.54) is 29.5 Å². The van der Waals surface area contributed by atoms with Gasteiger partial charge in [0.05, 0.1) is 11.9 Å². The molecule has 2 N–H and O–H groups in total. The number of carbonyl (C=O) groups excluding carboxylic acids is 4. The van der Waals surface area contributed by atoms with E-state index in [0.29, 0.717) is 56.0 Å². The zero-order valence-corrected chi connectivity index (χ0v) is 28.4. The summed E-state index contributed by atoms with van der Waals surface area (Å²) in [6.07, 6.45) is 9.28. The van der Waals surface area contributed by atoms with Crippen molar-refractivity contribution in [2.75, 3.05) is 43.4 Å². The summed E-state index contributed by atoms with van der Waals surface area (Å²) in [5.74, 6) is -2.72. The van der Waals surface area contributed by atoms with Crippen LogP contribution < -0.4 is 15.5 Å². The molecule has 1 saturated carbocycles. The monoisotopic (exact) mass is 682 g/mol. The van der Waals surface area contributed by atoms with Crippen molar-refractivity contribution < 1.29 is 28.1 Å². The molecule has 3 aromatic rings. The number of carbonyl (C=O) groups is 4. The van der Waals surface area contributed by atoms with Crippen LogP contribution in [0.15, 0.2) is 35.2 Å². The van der Waals surface area contributed by atoms with E-state index in [4.69, 9.17) is 4.52 Å². The summed E-state index contributed by atoms with van der Waals surface area (Å²) < 4.78 is 24.7. The number of rotatable bonds is 12. The minimum atomic E-state index is -0.986. The summed E-state index contributed by atoms with van der Waals surface area (Å²) in [6, 6.07) is 2.49. The average molecular weight is 683 g/mol. The van der Waals surface area contributed by atoms with Gasteiger partial charge >= 0.3 is 0 Å². The SMILES string of the molecule is CCc1nocc1N(C=O)[C@H](C(=O)Nc1ccc([C@H](C)[C@@H](NC(=O)c2cnns2)C(=O)N2CCN(C)CC2)cc1F)C1CCCCCC1. The minimum Gasteiger partial charge on any atom is -0.362 e. The first-order chi connectivity index (χ1) is 23.2. The number of amides is 4. The standard InChI is InChI=1S/C33H43FN8O5S/c1-4-25-27(19-47-38-25)42(20-43)30(22-9-7-5-6-8-10-22)32(45)36-26-12-11-23(17-24(26)34)21(2)29(37-31(44)28-18-35-39-48-28)33(46)41-15-13-40(3)14-16-41/h11-12,17-22,29-30H,4-10,13-16H2,1-3H3,(H,36,45)(H,37,44)/t21-,29+,30-/m0/s1. The van der Waals surface area contributed by atoms with Crippen molar-refractivity contribution in [3.63, 3.8) is 0 Å². The van der Waals surface area contributed by atoms with Gasteiger partial charge in [-0.2, -0.15) is 0 Å². The summed E-state index contributed by atoms with van der Waals surface area (Å²) in [7, 11) is 1.98. The Morgan fingerprint density at radius 3 is 2.50 bits per heavy atom. The molecule has 2 aromatic heterocycles. The van der Waals surface area contributed by atoms with Crippen molar-refractivity contribution in [1.82, 2.24) is 29.9 Å². The molecule has 3 heterocycles. The summed E-state index contributed by atoms with van der Waals surface area (Å²) in [5.41, 5.74) is 1.39. The van der Waals surface area contributed by atoms with Crippen LogP contribution in [0.25, 0.3) is 0 Å². The molecule has 3 atom stereocenters. The van der Waals surface area contributed by atoms with Gasteiger partial charge in [0.15, 0.2) is 0 Å². The lowest BCUT2D eigenvalue weighted by Crippen LogP contribution is -2.55. The fourth-order valence-electron chi connectivity index (χ4n) is 6.60. The first-order valence-corrected chi connectivity index (χ1v) is 17.3. The molecular formula is C33H43FN8O5S. The number of nitrogens with zero attached hydrogens (tertiary/aromatic N) is 6. The third kappa shape index (κ3) is 8.06. The predicted octanol–water partition coefficient (Wildman–Crippen LogP) is 3.84. The van der Waals surface area contributed by atoms with E-state index in [9.17, 15) is 19.2 Å². The van der Waals surface area contributed by atoms with E-state index in [2.05, 4.69) is 30.3 Å². The smallest absolute Gasteiger partial charge is 0.265 e. The number of hydrogen-bond donors (Lipinski definition) is 2. The molecule has 258 valence electrons. The number of anilines is 2. The molecule has 13 nitrogen and oxygen atoms in total. The lowest BCUT2D eigenvalue weighted by atomic mass is 9.89. The van der Waals surface area contributed by atoms with E-state index in [1.807, 2.05) is 14.0 Å². The van der Waals surface area contributed by atoms with Crippen molar-refractivity contribution in [3.05, 3.63) is 52.6 Å². The van der Waals surface area contributed by atoms with Crippen LogP contribution in [0.1, 0.15) is 79.2 Å². The number of aryl methyl sites for hydroxylation is 1. The molecule has 1 saturated heterocycles. The fraction of sp³-hybridized carbons (Fsp3) is 0.545. The van der Waals surface area contributed by atoms with Gasteiger partial charge < -0.3 is 25.0 Å². The largest absolute Gasteiger partial charge is 0.362 e. The second kappa shape index (κ2) is 16.2. The van der Waals surface area contributed by atoms with Crippen molar-refractivity contribution >= 4 is 47.0 Å². The lowest BCUT2D eigenvalue weighted by Gasteiger charge is -2.36. The van der Waals surface area contributed by atoms with Crippen molar-refractivity contribution in [3.8, 4) is 0 Å². The molecule has 2 aliphatic rings. The highest BCUT2D eigenvalue weighted by Crippen LogP contribution is 2.33. The Morgan fingerprint density at radius 2 is 1.88 bits per heavy atom. The Kier molecular flexibility index (Phi) is 11.9. The van der Waals surface area contributed by atoms with Crippen LogP contribution in [-0.4, -0.2) is 94.0 Å². The van der Waals surface area contributed by atoms with Crippen LogP contribution in [-0.2, 0) is 20.8 Å². The van der Waals surface area contributed by atoms with Gasteiger partial charge in [0, 0.05) is 32.1 Å². The van der Waals surface area contributed by atoms with Gasteiger partial charge in [0.1, 0.15) is 40.4 Å². The van der Waals surface area contributed by atoms with E-state index in [-0.39, 0.29) is 22.4 Å². The highest BCUT2D eigenvalue weighted by Gasteiger charge is 2.37. The van der Waals surface area contributed by atoms with Crippen molar-refractivity contribution in [2.45, 2.75) is 76.8 Å². The molecule has 2 fully saturated rings. The zero-order valence-electron chi connectivity index (χ0n) is 27.6. The normalized spacial score (nSPS) is 18.0. The summed E-state index contributed by atoms with van der Waals surface area (Å²) >= 11 is 0.917. The highest BCUT2D eigenvalue weighted by atomic mass is 32.1. The second-order valence-electron chi connectivity index (χ2n) is 12.6. The Balaban J connectivity index is 1.39. The molecule has 4 amide bonds. The zero-order chi connectivity index (χ0) is 34.2. The molecule has 5 rings (SSSR count). The minimum absolute atomic E-state index is 0.0526. The molecule has 1 aliphatic heterocycles. The maximum Gasteiger partial charge on any atom is 0.265 e. The predicted molar refractivity (Wildman–Crippen MR) is 178 cm³/mol. The first kappa shape index (κ1) is 35.1. The molecule has 0 radical (unpaired) electrons. The second-order valence-corrected chi connectivity index (χ2v) is 13.4. The molecule has 0 spiro atoms. The molecule has 1 aromatic carbocycles. The van der Waals surface area contributed by atoms with Gasteiger partial charge in [-0.15, -0.1) is 5.10 Å². The third-order valence-electron chi connectivity index (χ3n) is 9.49. The van der Waals surface area contributed by atoms with E-state index in [0.717, 1.165) is 50.1 Å². The average Bonchev–Trinajstić information content (AvgIpc) is 3.74. The van der Waals surface area contributed by atoms with Gasteiger partial charge in [-0.05, 0) is 61.5 Å². The number of likely N-dealkylation sites (N-methyl/N-ethyl adjacent to an activating group) is 1. The molecule has 0 bridgehead atoms. The summed E-state index contributed by atoms with van der Waals surface area (Å²) in [4.78, 5) is 58.8. The molecule has 15 heteroatoms. The maximum absolute atomic E-state index is 15.8. The van der Waals surface area contributed by atoms with Crippen LogP contribution in [0.2, 0.25) is 0 Å².